The Labute approximate surface area is 64.9 Å². The van der Waals surface area contributed by atoms with Gasteiger partial charge in [-0.3, -0.25) is 4.99 Å². The number of nitrogens with zero attached hydrogens (tertiary/aromatic N) is 1. The van der Waals surface area contributed by atoms with Crippen LogP contribution in [0.1, 0.15) is 41.0 Å². The van der Waals surface area contributed by atoms with Crippen molar-refractivity contribution < 1.29 is 0 Å². The lowest BCUT2D eigenvalue weighted by Crippen LogP contribution is -1.85. The summed E-state index contributed by atoms with van der Waals surface area (Å²) in [6, 6.07) is 0. The number of rotatable bonds is 2. The number of aliphatic imine (C=N–C) groups is 1. The van der Waals surface area contributed by atoms with Gasteiger partial charge in [0, 0.05) is 11.4 Å². The van der Waals surface area contributed by atoms with E-state index in [0.29, 0.717) is 0 Å². The highest BCUT2D eigenvalue weighted by Gasteiger charge is 1.81. The maximum absolute atomic E-state index is 4.12. The molecule has 60 valence electrons. The standard InChI is InChI=1S/C7H13N.C2H6/c1-5-7(4)8-6(2)3;1-2/h2,5H2,1,3-4H3;1-2H3. The Morgan fingerprint density at radius 3 is 1.80 bits per heavy atom. The molecule has 0 rings (SSSR count). The van der Waals surface area contributed by atoms with Crippen molar-refractivity contribution in [2.24, 2.45) is 4.99 Å². The van der Waals surface area contributed by atoms with Crippen LogP contribution in [0.25, 0.3) is 0 Å². The summed E-state index contributed by atoms with van der Waals surface area (Å²) in [6.07, 6.45) is 1.02. The van der Waals surface area contributed by atoms with Crippen molar-refractivity contribution in [3.8, 4) is 0 Å². The first-order valence-electron chi connectivity index (χ1n) is 3.86. The van der Waals surface area contributed by atoms with Gasteiger partial charge in [-0.1, -0.05) is 27.4 Å². The van der Waals surface area contributed by atoms with Crippen molar-refractivity contribution in [3.05, 3.63) is 12.3 Å². The molecule has 0 fully saturated rings. The van der Waals surface area contributed by atoms with Crippen molar-refractivity contribution in [2.45, 2.75) is 41.0 Å². The molecule has 0 aliphatic carbocycles. The van der Waals surface area contributed by atoms with Crippen LogP contribution in [0.5, 0.6) is 0 Å². The summed E-state index contributed by atoms with van der Waals surface area (Å²) in [7, 11) is 0. The average molecular weight is 141 g/mol. The van der Waals surface area contributed by atoms with Gasteiger partial charge in [-0.25, -0.2) is 0 Å². The van der Waals surface area contributed by atoms with Gasteiger partial charge >= 0.3 is 0 Å². The zero-order valence-electron chi connectivity index (χ0n) is 7.86. The highest BCUT2D eigenvalue weighted by Crippen LogP contribution is 1.92. The van der Waals surface area contributed by atoms with Crippen LogP contribution in [-0.4, -0.2) is 5.71 Å². The summed E-state index contributed by atoms with van der Waals surface area (Å²) in [5, 5.41) is 0. The van der Waals surface area contributed by atoms with Crippen LogP contribution < -0.4 is 0 Å². The molecule has 0 amide bonds. The van der Waals surface area contributed by atoms with Crippen molar-refractivity contribution in [3.63, 3.8) is 0 Å². The zero-order chi connectivity index (χ0) is 8.57. The predicted molar refractivity (Wildman–Crippen MR) is 49.6 cm³/mol. The summed E-state index contributed by atoms with van der Waals surface area (Å²) in [5.41, 5.74) is 2.04. The third kappa shape index (κ3) is 10.4. The number of allylic oxidation sites excluding steroid dienone is 1. The van der Waals surface area contributed by atoms with E-state index in [-0.39, 0.29) is 0 Å². The van der Waals surface area contributed by atoms with Crippen LogP contribution in [0, 0.1) is 0 Å². The van der Waals surface area contributed by atoms with Crippen LogP contribution in [0.2, 0.25) is 0 Å². The predicted octanol–water partition coefficient (Wildman–Crippen LogP) is 3.42. The molecule has 0 aromatic heterocycles. The highest BCUT2D eigenvalue weighted by molar-refractivity contribution is 5.82. The highest BCUT2D eigenvalue weighted by atomic mass is 14.7. The van der Waals surface area contributed by atoms with E-state index in [4.69, 9.17) is 0 Å². The lowest BCUT2D eigenvalue weighted by molar-refractivity contribution is 1.21. The molecular formula is C9H19N. The second-order valence-corrected chi connectivity index (χ2v) is 1.94. The zero-order valence-corrected chi connectivity index (χ0v) is 7.86. The Bertz CT molecular complexity index is 112. The van der Waals surface area contributed by atoms with Gasteiger partial charge in [-0.2, -0.15) is 0 Å². The first-order valence-corrected chi connectivity index (χ1v) is 3.86. The van der Waals surface area contributed by atoms with Crippen LogP contribution in [0.4, 0.5) is 0 Å². The first-order chi connectivity index (χ1) is 4.66. The van der Waals surface area contributed by atoms with Crippen LogP contribution in [0.15, 0.2) is 17.3 Å². The SMILES string of the molecule is C=C(C)N=C(C)CC.CC. The maximum Gasteiger partial charge on any atom is 0.0300 e. The van der Waals surface area contributed by atoms with Gasteiger partial charge in [-0.15, -0.1) is 0 Å². The second-order valence-electron chi connectivity index (χ2n) is 1.94. The normalized spacial score (nSPS) is 9.90. The second kappa shape index (κ2) is 8.41. The smallest absolute Gasteiger partial charge is 0.0300 e. The van der Waals surface area contributed by atoms with E-state index in [1.165, 1.54) is 0 Å². The summed E-state index contributed by atoms with van der Waals surface area (Å²) in [6.45, 7) is 13.7. The van der Waals surface area contributed by atoms with Gasteiger partial charge in [-0.05, 0) is 20.3 Å². The summed E-state index contributed by atoms with van der Waals surface area (Å²) in [5.74, 6) is 0. The van der Waals surface area contributed by atoms with Gasteiger partial charge in [0.25, 0.3) is 0 Å². The molecule has 0 aliphatic rings. The molecule has 0 aromatic carbocycles. The maximum atomic E-state index is 4.12. The molecule has 0 atom stereocenters. The molecule has 0 N–H and O–H groups in total. The van der Waals surface area contributed by atoms with Gasteiger partial charge in [0.2, 0.25) is 0 Å². The van der Waals surface area contributed by atoms with Crippen LogP contribution >= 0.6 is 0 Å². The molecule has 10 heavy (non-hydrogen) atoms. The van der Waals surface area contributed by atoms with Crippen molar-refractivity contribution >= 4 is 5.71 Å². The minimum absolute atomic E-state index is 0.893. The van der Waals surface area contributed by atoms with Crippen molar-refractivity contribution in [2.75, 3.05) is 0 Å². The van der Waals surface area contributed by atoms with Gasteiger partial charge in [0.05, 0.1) is 0 Å². The Balaban J connectivity index is 0. The topological polar surface area (TPSA) is 12.4 Å². The van der Waals surface area contributed by atoms with Gasteiger partial charge in [0.15, 0.2) is 0 Å². The molecule has 0 saturated heterocycles. The third-order valence-corrected chi connectivity index (χ3v) is 0.893. The molecule has 1 nitrogen and oxygen atoms in total. The molecule has 0 saturated carbocycles. The molecular weight excluding hydrogens is 122 g/mol. The number of hydrogen-bond donors (Lipinski definition) is 0. The molecule has 0 aliphatic heterocycles. The van der Waals surface area contributed by atoms with Crippen LogP contribution in [-0.2, 0) is 0 Å². The lowest BCUT2D eigenvalue weighted by atomic mass is 10.3. The van der Waals surface area contributed by atoms with Crippen molar-refractivity contribution in [1.29, 1.82) is 0 Å². The molecule has 0 radical (unpaired) electrons. The van der Waals surface area contributed by atoms with E-state index >= 15 is 0 Å². The molecule has 0 spiro atoms. The van der Waals surface area contributed by atoms with E-state index in [2.05, 4.69) is 18.5 Å². The van der Waals surface area contributed by atoms with Crippen molar-refractivity contribution in [1.82, 2.24) is 0 Å². The lowest BCUT2D eigenvalue weighted by Gasteiger charge is -1.91. The fraction of sp³-hybridized carbons (Fsp3) is 0.667. The minimum Gasteiger partial charge on any atom is -0.263 e. The van der Waals surface area contributed by atoms with E-state index < -0.39 is 0 Å². The number of hydrogen-bond acceptors (Lipinski definition) is 1. The van der Waals surface area contributed by atoms with E-state index in [1.807, 2.05) is 27.7 Å². The largest absolute Gasteiger partial charge is 0.263 e. The summed E-state index contributed by atoms with van der Waals surface area (Å²) < 4.78 is 0. The quantitative estimate of drug-likeness (QED) is 0.522. The Morgan fingerprint density at radius 1 is 1.30 bits per heavy atom. The van der Waals surface area contributed by atoms with Crippen LogP contribution in [0.3, 0.4) is 0 Å². The van der Waals surface area contributed by atoms with Gasteiger partial charge < -0.3 is 0 Å². The average Bonchev–Trinajstić information content (AvgIpc) is 1.91. The molecule has 0 unspecified atom stereocenters. The molecule has 0 bridgehead atoms. The van der Waals surface area contributed by atoms with E-state index in [0.717, 1.165) is 17.8 Å². The van der Waals surface area contributed by atoms with Gasteiger partial charge in [0.1, 0.15) is 0 Å². The third-order valence-electron chi connectivity index (χ3n) is 0.893. The fourth-order valence-electron chi connectivity index (χ4n) is 0.405. The molecule has 0 aromatic rings. The minimum atomic E-state index is 0.893. The van der Waals surface area contributed by atoms with E-state index in [1.54, 1.807) is 0 Å². The first kappa shape index (κ1) is 12.1. The Morgan fingerprint density at radius 2 is 1.70 bits per heavy atom. The molecule has 1 heteroatoms. The Hall–Kier alpha value is -0.590. The summed E-state index contributed by atoms with van der Waals surface area (Å²) in [4.78, 5) is 4.12. The summed E-state index contributed by atoms with van der Waals surface area (Å²) >= 11 is 0. The Kier molecular flexibility index (Phi) is 10.2. The van der Waals surface area contributed by atoms with E-state index in [9.17, 15) is 0 Å². The monoisotopic (exact) mass is 141 g/mol. The molecule has 0 heterocycles. The fourth-order valence-corrected chi connectivity index (χ4v) is 0.405.